The van der Waals surface area contributed by atoms with Crippen LogP contribution in [0.2, 0.25) is 0 Å². The standard InChI is InChI=1S/C29H44O2/c1-5-9-13-22-17-19-28(30)24(15-11-7-3)26(22)21-27-23(14-10-6-2)18-20-29(31)25(27)16-12-8-4/h17-20,30-31H,5-16,21H2,1-4H3. The maximum Gasteiger partial charge on any atom is 0.119 e. The number of unbranched alkanes of at least 4 members (excludes halogenated alkanes) is 4. The summed E-state index contributed by atoms with van der Waals surface area (Å²) in [5.41, 5.74) is 7.61. The van der Waals surface area contributed by atoms with E-state index < -0.39 is 0 Å². The minimum Gasteiger partial charge on any atom is -0.508 e. The molecule has 0 aromatic heterocycles. The second kappa shape index (κ2) is 13.5. The van der Waals surface area contributed by atoms with Gasteiger partial charge in [0.1, 0.15) is 11.5 Å². The average Bonchev–Trinajstić information content (AvgIpc) is 2.77. The van der Waals surface area contributed by atoms with E-state index in [1.54, 1.807) is 0 Å². The van der Waals surface area contributed by atoms with Crippen molar-refractivity contribution in [1.29, 1.82) is 0 Å². The van der Waals surface area contributed by atoms with Crippen LogP contribution in [0.5, 0.6) is 11.5 Å². The Balaban J connectivity index is 2.60. The molecular formula is C29H44O2. The molecule has 0 fully saturated rings. The highest BCUT2D eigenvalue weighted by molar-refractivity contribution is 5.52. The molecule has 2 aromatic carbocycles. The number of phenolic OH excluding ortho intramolecular Hbond substituents is 2. The van der Waals surface area contributed by atoms with E-state index >= 15 is 0 Å². The smallest absolute Gasteiger partial charge is 0.119 e. The molecule has 172 valence electrons. The molecule has 2 aromatic rings. The van der Waals surface area contributed by atoms with Crippen molar-refractivity contribution in [1.82, 2.24) is 0 Å². The van der Waals surface area contributed by atoms with Crippen molar-refractivity contribution in [2.45, 2.75) is 111 Å². The maximum atomic E-state index is 10.8. The molecule has 2 nitrogen and oxygen atoms in total. The second-order valence-electron chi connectivity index (χ2n) is 8.99. The zero-order chi connectivity index (χ0) is 22.6. The third-order valence-corrected chi connectivity index (χ3v) is 6.52. The molecule has 31 heavy (non-hydrogen) atoms. The summed E-state index contributed by atoms with van der Waals surface area (Å²) in [5, 5.41) is 21.5. The van der Waals surface area contributed by atoms with Gasteiger partial charge in [-0.3, -0.25) is 0 Å². The summed E-state index contributed by atoms with van der Waals surface area (Å²) < 4.78 is 0. The number of benzene rings is 2. The molecule has 0 unspecified atom stereocenters. The molecule has 0 saturated heterocycles. The van der Waals surface area contributed by atoms with Gasteiger partial charge >= 0.3 is 0 Å². The number of hydrogen-bond acceptors (Lipinski definition) is 2. The van der Waals surface area contributed by atoms with Gasteiger partial charge < -0.3 is 10.2 Å². The molecular weight excluding hydrogens is 380 g/mol. The molecule has 0 atom stereocenters. The van der Waals surface area contributed by atoms with Gasteiger partial charge in [-0.15, -0.1) is 0 Å². The Morgan fingerprint density at radius 3 is 1.19 bits per heavy atom. The molecule has 2 rings (SSSR count). The SMILES string of the molecule is CCCCc1ccc(O)c(CCCC)c1Cc1c(CCCC)ccc(O)c1CCCC. The lowest BCUT2D eigenvalue weighted by molar-refractivity contribution is 0.464. The van der Waals surface area contributed by atoms with Gasteiger partial charge in [0.05, 0.1) is 0 Å². The van der Waals surface area contributed by atoms with Crippen molar-refractivity contribution < 1.29 is 10.2 Å². The van der Waals surface area contributed by atoms with Gasteiger partial charge in [0, 0.05) is 0 Å². The van der Waals surface area contributed by atoms with E-state index in [2.05, 4.69) is 39.8 Å². The van der Waals surface area contributed by atoms with Crippen LogP contribution in [0, 0.1) is 0 Å². The van der Waals surface area contributed by atoms with Crippen LogP contribution in [-0.4, -0.2) is 10.2 Å². The first-order chi connectivity index (χ1) is 15.1. The Hall–Kier alpha value is -1.96. The van der Waals surface area contributed by atoms with Gasteiger partial charge in [0.25, 0.3) is 0 Å². The minimum atomic E-state index is 0.439. The van der Waals surface area contributed by atoms with E-state index in [9.17, 15) is 10.2 Å². The van der Waals surface area contributed by atoms with Crippen molar-refractivity contribution >= 4 is 0 Å². The average molecular weight is 425 g/mol. The summed E-state index contributed by atoms with van der Waals surface area (Å²) in [6.07, 6.45) is 13.8. The van der Waals surface area contributed by atoms with Crippen LogP contribution in [0.4, 0.5) is 0 Å². The fourth-order valence-electron chi connectivity index (χ4n) is 4.54. The molecule has 2 heteroatoms. The fourth-order valence-corrected chi connectivity index (χ4v) is 4.54. The van der Waals surface area contributed by atoms with Crippen molar-refractivity contribution in [3.63, 3.8) is 0 Å². The van der Waals surface area contributed by atoms with Crippen LogP contribution >= 0.6 is 0 Å². The lowest BCUT2D eigenvalue weighted by Gasteiger charge is -2.21. The topological polar surface area (TPSA) is 40.5 Å². The Morgan fingerprint density at radius 1 is 0.484 bits per heavy atom. The monoisotopic (exact) mass is 424 g/mol. The molecule has 0 bridgehead atoms. The highest BCUT2D eigenvalue weighted by Crippen LogP contribution is 2.34. The third kappa shape index (κ3) is 7.02. The van der Waals surface area contributed by atoms with E-state index in [4.69, 9.17) is 0 Å². The van der Waals surface area contributed by atoms with E-state index in [1.165, 1.54) is 35.1 Å². The first-order valence-corrected chi connectivity index (χ1v) is 12.7. The summed E-state index contributed by atoms with van der Waals surface area (Å²) in [6.45, 7) is 8.88. The second-order valence-corrected chi connectivity index (χ2v) is 8.99. The lowest BCUT2D eigenvalue weighted by atomic mass is 9.84. The fraction of sp³-hybridized carbons (Fsp3) is 0.586. The molecule has 0 saturated carbocycles. The van der Waals surface area contributed by atoms with Gasteiger partial charge in [-0.25, -0.2) is 0 Å². The zero-order valence-electron chi connectivity index (χ0n) is 20.4. The largest absolute Gasteiger partial charge is 0.508 e. The normalized spacial score (nSPS) is 11.2. The number of aromatic hydroxyl groups is 2. The Bertz CT molecular complexity index is 739. The van der Waals surface area contributed by atoms with Gasteiger partial charge in [-0.2, -0.15) is 0 Å². The van der Waals surface area contributed by atoms with Gasteiger partial charge in [0.2, 0.25) is 0 Å². The van der Waals surface area contributed by atoms with Crippen LogP contribution in [0.25, 0.3) is 0 Å². The predicted molar refractivity (Wildman–Crippen MR) is 133 cm³/mol. The third-order valence-electron chi connectivity index (χ3n) is 6.52. The summed E-state index contributed by atoms with van der Waals surface area (Å²) in [5.74, 6) is 0.878. The Morgan fingerprint density at radius 2 is 0.839 bits per heavy atom. The first kappa shape index (κ1) is 25.3. The van der Waals surface area contributed by atoms with Gasteiger partial charge in [-0.1, -0.05) is 65.5 Å². The highest BCUT2D eigenvalue weighted by atomic mass is 16.3. The summed E-state index contributed by atoms with van der Waals surface area (Å²) in [6, 6.07) is 8.07. The molecule has 0 amide bonds. The van der Waals surface area contributed by atoms with E-state index in [-0.39, 0.29) is 0 Å². The molecule has 0 aliphatic heterocycles. The summed E-state index contributed by atoms with van der Waals surface area (Å²) >= 11 is 0. The first-order valence-electron chi connectivity index (χ1n) is 12.7. The van der Waals surface area contributed by atoms with E-state index in [0.717, 1.165) is 81.8 Å². The number of hydrogen-bond donors (Lipinski definition) is 2. The molecule has 0 heterocycles. The van der Waals surface area contributed by atoms with Crippen LogP contribution in [-0.2, 0) is 32.1 Å². The Kier molecular flexibility index (Phi) is 11.0. The van der Waals surface area contributed by atoms with E-state index in [0.29, 0.717) is 11.5 Å². The summed E-state index contributed by atoms with van der Waals surface area (Å²) in [7, 11) is 0. The molecule has 0 radical (unpaired) electrons. The molecule has 2 N–H and O–H groups in total. The van der Waals surface area contributed by atoms with E-state index in [1.807, 2.05) is 12.1 Å². The zero-order valence-corrected chi connectivity index (χ0v) is 20.4. The van der Waals surface area contributed by atoms with Gasteiger partial charge in [-0.05, 0) is 103 Å². The Labute approximate surface area is 190 Å². The quantitative estimate of drug-likeness (QED) is 0.322. The maximum absolute atomic E-state index is 10.8. The molecule has 0 aliphatic rings. The van der Waals surface area contributed by atoms with Crippen LogP contribution in [0.1, 0.15) is 112 Å². The van der Waals surface area contributed by atoms with Crippen LogP contribution in [0.3, 0.4) is 0 Å². The predicted octanol–water partition coefficient (Wildman–Crippen LogP) is 8.06. The number of aryl methyl sites for hydroxylation is 2. The molecule has 0 aliphatic carbocycles. The number of rotatable bonds is 14. The van der Waals surface area contributed by atoms with Crippen molar-refractivity contribution in [2.75, 3.05) is 0 Å². The van der Waals surface area contributed by atoms with Gasteiger partial charge in [0.15, 0.2) is 0 Å². The van der Waals surface area contributed by atoms with Crippen LogP contribution < -0.4 is 0 Å². The molecule has 0 spiro atoms. The number of phenols is 2. The summed E-state index contributed by atoms with van der Waals surface area (Å²) in [4.78, 5) is 0. The minimum absolute atomic E-state index is 0.439. The van der Waals surface area contributed by atoms with Crippen molar-refractivity contribution in [3.05, 3.63) is 57.6 Å². The van der Waals surface area contributed by atoms with Crippen molar-refractivity contribution in [2.24, 2.45) is 0 Å². The van der Waals surface area contributed by atoms with Crippen LogP contribution in [0.15, 0.2) is 24.3 Å². The highest BCUT2D eigenvalue weighted by Gasteiger charge is 2.19. The lowest BCUT2D eigenvalue weighted by Crippen LogP contribution is -2.08. The van der Waals surface area contributed by atoms with Crippen molar-refractivity contribution in [3.8, 4) is 11.5 Å².